The molecule has 1 fully saturated rings. The zero-order chi connectivity index (χ0) is 13.6. The van der Waals surface area contributed by atoms with Crippen LogP contribution < -0.4 is 0 Å². The lowest BCUT2D eigenvalue weighted by atomic mass is 9.86. The molecule has 4 nitrogen and oxygen atoms in total. The van der Waals surface area contributed by atoms with Gasteiger partial charge in [-0.05, 0) is 32.6 Å². The molecular formula is C13H25NO3S. The Labute approximate surface area is 111 Å². The molecular weight excluding hydrogens is 250 g/mol. The van der Waals surface area contributed by atoms with Crippen molar-refractivity contribution in [3.8, 4) is 0 Å². The van der Waals surface area contributed by atoms with Crippen molar-refractivity contribution >= 4 is 15.7 Å². The summed E-state index contributed by atoms with van der Waals surface area (Å²) < 4.78 is 21.8. The van der Waals surface area contributed by atoms with Gasteiger partial charge in [0.2, 0.25) is 0 Å². The summed E-state index contributed by atoms with van der Waals surface area (Å²) in [5, 5.41) is 0. The molecule has 0 aromatic carbocycles. The van der Waals surface area contributed by atoms with Gasteiger partial charge in [0.15, 0.2) is 0 Å². The summed E-state index contributed by atoms with van der Waals surface area (Å²) in [6, 6.07) is 0.170. The maximum absolute atomic E-state index is 12.3. The molecule has 0 aromatic rings. The fraction of sp³-hybridized carbons (Fsp3) is 0.923. The quantitative estimate of drug-likeness (QED) is 0.725. The highest BCUT2D eigenvalue weighted by Gasteiger charge is 2.27. The Kier molecular flexibility index (Phi) is 6.12. The van der Waals surface area contributed by atoms with Gasteiger partial charge in [0.1, 0.15) is 0 Å². The topological polar surface area (TPSA) is 55.7 Å². The van der Waals surface area contributed by atoms with Crippen LogP contribution in [0.4, 0.5) is 0 Å². The van der Waals surface area contributed by atoms with Gasteiger partial charge in [-0.3, -0.25) is 4.79 Å². The predicted molar refractivity (Wildman–Crippen MR) is 74.0 cm³/mol. The van der Waals surface area contributed by atoms with Crippen LogP contribution in [0.1, 0.15) is 46.5 Å². The molecule has 1 aliphatic carbocycles. The number of carbonyl (C=O) groups excluding carboxylic acids is 1. The minimum absolute atomic E-state index is 0.0238. The van der Waals surface area contributed by atoms with E-state index in [1.807, 2.05) is 20.8 Å². The van der Waals surface area contributed by atoms with Crippen LogP contribution in [0.3, 0.4) is 0 Å². The summed E-state index contributed by atoms with van der Waals surface area (Å²) in [7, 11) is -2.00. The molecule has 0 bridgehead atoms. The minimum atomic E-state index is -2.00. The van der Waals surface area contributed by atoms with Crippen LogP contribution in [0.15, 0.2) is 4.36 Å². The van der Waals surface area contributed by atoms with Crippen LogP contribution in [-0.4, -0.2) is 34.3 Å². The lowest BCUT2D eigenvalue weighted by Gasteiger charge is -2.25. The Morgan fingerprint density at radius 1 is 1.17 bits per heavy atom. The number of carbonyl (C=O) groups is 1. The fourth-order valence-electron chi connectivity index (χ4n) is 2.30. The molecule has 0 N–H and O–H groups in total. The number of hydrogen-bond donors (Lipinski definition) is 0. The van der Waals surface area contributed by atoms with E-state index >= 15 is 0 Å². The van der Waals surface area contributed by atoms with Crippen LogP contribution >= 0.6 is 0 Å². The maximum Gasteiger partial charge on any atom is 0.308 e. The average Bonchev–Trinajstić information content (AvgIpc) is 2.39. The highest BCUT2D eigenvalue weighted by Crippen LogP contribution is 2.28. The van der Waals surface area contributed by atoms with Crippen LogP contribution in [-0.2, 0) is 19.3 Å². The summed E-state index contributed by atoms with van der Waals surface area (Å²) in [4.78, 5) is 11.6. The Bertz CT molecular complexity index is 368. The number of hydrogen-bond acceptors (Lipinski definition) is 4. The second-order valence-electron chi connectivity index (χ2n) is 4.71. The van der Waals surface area contributed by atoms with Crippen molar-refractivity contribution in [2.24, 2.45) is 10.3 Å². The van der Waals surface area contributed by atoms with Gasteiger partial charge >= 0.3 is 5.97 Å². The van der Waals surface area contributed by atoms with Crippen molar-refractivity contribution in [3.05, 3.63) is 0 Å². The predicted octanol–water partition coefficient (Wildman–Crippen LogP) is 2.62. The summed E-state index contributed by atoms with van der Waals surface area (Å²) in [5.74, 6) is 1.20. The molecule has 0 saturated heterocycles. The van der Waals surface area contributed by atoms with Gasteiger partial charge in [-0.25, -0.2) is 8.57 Å². The van der Waals surface area contributed by atoms with E-state index in [1.165, 1.54) is 0 Å². The van der Waals surface area contributed by atoms with Crippen LogP contribution in [0.2, 0.25) is 0 Å². The van der Waals surface area contributed by atoms with E-state index in [-0.39, 0.29) is 17.9 Å². The second-order valence-corrected chi connectivity index (χ2v) is 7.62. The molecule has 0 aromatic heterocycles. The molecule has 1 saturated carbocycles. The third-order valence-corrected chi connectivity index (χ3v) is 6.05. The third-order valence-electron chi connectivity index (χ3n) is 3.56. The Morgan fingerprint density at radius 3 is 2.17 bits per heavy atom. The van der Waals surface area contributed by atoms with Crippen molar-refractivity contribution in [2.75, 3.05) is 18.1 Å². The van der Waals surface area contributed by atoms with E-state index in [4.69, 9.17) is 4.74 Å². The van der Waals surface area contributed by atoms with Gasteiger partial charge in [0.05, 0.1) is 18.6 Å². The molecule has 18 heavy (non-hydrogen) atoms. The molecule has 0 aliphatic heterocycles. The standard InChI is InChI=1S/C13H25NO3S/c1-4-17-13(15)11-7-9-12(10-8-11)14-18(16,5-2)6-3/h11-12H,4-10H2,1-3H3. The minimum Gasteiger partial charge on any atom is -0.466 e. The third kappa shape index (κ3) is 4.26. The normalized spacial score (nSPS) is 24.6. The highest BCUT2D eigenvalue weighted by molar-refractivity contribution is 7.93. The molecule has 1 aliphatic rings. The molecule has 0 radical (unpaired) electrons. The number of rotatable bonds is 5. The van der Waals surface area contributed by atoms with Gasteiger partial charge in [-0.15, -0.1) is 0 Å². The van der Waals surface area contributed by atoms with E-state index in [0.717, 1.165) is 25.7 Å². The molecule has 5 heteroatoms. The van der Waals surface area contributed by atoms with E-state index in [1.54, 1.807) is 0 Å². The first-order chi connectivity index (χ1) is 8.54. The number of nitrogens with zero attached hydrogens (tertiary/aromatic N) is 1. The van der Waals surface area contributed by atoms with Crippen molar-refractivity contribution in [2.45, 2.75) is 52.5 Å². The molecule has 1 rings (SSSR count). The lowest BCUT2D eigenvalue weighted by Crippen LogP contribution is -2.26. The van der Waals surface area contributed by atoms with Gasteiger partial charge in [0.25, 0.3) is 0 Å². The maximum atomic E-state index is 12.3. The SMILES string of the molecule is CCOC(=O)C1CCC(N=S(=O)(CC)CC)CC1. The zero-order valence-corrected chi connectivity index (χ0v) is 12.5. The molecule has 0 atom stereocenters. The lowest BCUT2D eigenvalue weighted by molar-refractivity contribution is -0.149. The van der Waals surface area contributed by atoms with Crippen LogP contribution in [0.5, 0.6) is 0 Å². The Morgan fingerprint density at radius 2 is 1.72 bits per heavy atom. The van der Waals surface area contributed by atoms with E-state index in [0.29, 0.717) is 18.1 Å². The van der Waals surface area contributed by atoms with Gasteiger partial charge in [-0.1, -0.05) is 13.8 Å². The first kappa shape index (κ1) is 15.5. The summed E-state index contributed by atoms with van der Waals surface area (Å²) in [6.45, 7) is 6.14. The van der Waals surface area contributed by atoms with Crippen molar-refractivity contribution in [1.29, 1.82) is 0 Å². The van der Waals surface area contributed by atoms with Crippen molar-refractivity contribution in [1.82, 2.24) is 0 Å². The Balaban J connectivity index is 2.54. The Hall–Kier alpha value is -0.580. The molecule has 0 spiro atoms. The summed E-state index contributed by atoms with van der Waals surface area (Å²) >= 11 is 0. The van der Waals surface area contributed by atoms with Gasteiger partial charge < -0.3 is 4.74 Å². The number of esters is 1. The van der Waals surface area contributed by atoms with Gasteiger partial charge in [0, 0.05) is 21.2 Å². The highest BCUT2D eigenvalue weighted by atomic mass is 32.2. The van der Waals surface area contributed by atoms with E-state index in [9.17, 15) is 9.00 Å². The molecule has 0 unspecified atom stereocenters. The average molecular weight is 275 g/mol. The molecule has 0 amide bonds. The summed E-state index contributed by atoms with van der Waals surface area (Å²) in [5.41, 5.74) is 0. The smallest absolute Gasteiger partial charge is 0.308 e. The van der Waals surface area contributed by atoms with Crippen LogP contribution in [0, 0.1) is 5.92 Å². The van der Waals surface area contributed by atoms with E-state index in [2.05, 4.69) is 4.36 Å². The van der Waals surface area contributed by atoms with Crippen molar-refractivity contribution < 1.29 is 13.7 Å². The first-order valence-electron chi connectivity index (χ1n) is 6.92. The zero-order valence-electron chi connectivity index (χ0n) is 11.7. The first-order valence-corrected chi connectivity index (χ1v) is 8.78. The molecule has 106 valence electrons. The van der Waals surface area contributed by atoms with Crippen molar-refractivity contribution in [3.63, 3.8) is 0 Å². The second kappa shape index (κ2) is 7.12. The summed E-state index contributed by atoms with van der Waals surface area (Å²) in [6.07, 6.45) is 3.35. The van der Waals surface area contributed by atoms with E-state index < -0.39 is 9.73 Å². The largest absolute Gasteiger partial charge is 0.466 e. The monoisotopic (exact) mass is 275 g/mol. The van der Waals surface area contributed by atoms with Gasteiger partial charge in [-0.2, -0.15) is 0 Å². The molecule has 0 heterocycles. The van der Waals surface area contributed by atoms with Crippen LogP contribution in [0.25, 0.3) is 0 Å². The number of ether oxygens (including phenoxy) is 1. The fourth-order valence-corrected chi connectivity index (χ4v) is 3.76.